The largest absolute Gasteiger partial charge is 0.354 e. The van der Waals surface area contributed by atoms with Crippen molar-refractivity contribution >= 4 is 39.1 Å². The number of sulfonamides is 1. The van der Waals surface area contributed by atoms with Crippen molar-refractivity contribution in [2.45, 2.75) is 51.1 Å². The lowest BCUT2D eigenvalue weighted by Crippen LogP contribution is -2.51. The second-order valence-electron chi connectivity index (χ2n) is 9.08. The van der Waals surface area contributed by atoms with E-state index in [2.05, 4.69) is 5.32 Å². The Hall–Kier alpha value is -3.36. The number of rotatable bonds is 12. The van der Waals surface area contributed by atoms with E-state index in [1.807, 2.05) is 37.3 Å². The Balaban J connectivity index is 1.99. The first-order valence-electron chi connectivity index (χ1n) is 12.6. The van der Waals surface area contributed by atoms with Gasteiger partial charge in [-0.2, -0.15) is 0 Å². The number of aryl methyl sites for hydroxylation is 1. The van der Waals surface area contributed by atoms with Crippen LogP contribution < -0.4 is 9.62 Å². The van der Waals surface area contributed by atoms with E-state index in [4.69, 9.17) is 11.6 Å². The topological polar surface area (TPSA) is 86.8 Å². The van der Waals surface area contributed by atoms with Crippen LogP contribution in [0.1, 0.15) is 37.8 Å². The number of para-hydroxylation sites is 1. The number of amides is 2. The first-order chi connectivity index (χ1) is 18.1. The van der Waals surface area contributed by atoms with Gasteiger partial charge in [0, 0.05) is 18.1 Å². The van der Waals surface area contributed by atoms with E-state index >= 15 is 0 Å². The summed E-state index contributed by atoms with van der Waals surface area (Å²) in [6.07, 6.45) is 1.75. The predicted octanol–water partition coefficient (Wildman–Crippen LogP) is 5.18. The Morgan fingerprint density at radius 2 is 1.58 bits per heavy atom. The summed E-state index contributed by atoms with van der Waals surface area (Å²) in [4.78, 5) is 28.3. The number of hydrogen-bond donors (Lipinski definition) is 1. The van der Waals surface area contributed by atoms with Crippen molar-refractivity contribution in [3.05, 3.63) is 95.0 Å². The Bertz CT molecular complexity index is 1330. The first kappa shape index (κ1) is 29.2. The lowest BCUT2D eigenvalue weighted by atomic mass is 10.1. The second-order valence-corrected chi connectivity index (χ2v) is 11.4. The summed E-state index contributed by atoms with van der Waals surface area (Å²) in [7, 11) is -4.13. The molecule has 0 aliphatic rings. The van der Waals surface area contributed by atoms with Crippen molar-refractivity contribution in [3.8, 4) is 0 Å². The van der Waals surface area contributed by atoms with Gasteiger partial charge in [-0.25, -0.2) is 8.42 Å². The summed E-state index contributed by atoms with van der Waals surface area (Å²) in [5.41, 5.74) is 1.91. The molecule has 0 heterocycles. The van der Waals surface area contributed by atoms with Gasteiger partial charge in [-0.1, -0.05) is 73.5 Å². The Labute approximate surface area is 230 Å². The van der Waals surface area contributed by atoms with Crippen molar-refractivity contribution in [1.29, 1.82) is 0 Å². The second kappa shape index (κ2) is 13.4. The molecule has 9 heteroatoms. The maximum Gasteiger partial charge on any atom is 0.264 e. The molecule has 0 aliphatic carbocycles. The third-order valence-electron chi connectivity index (χ3n) is 6.26. The summed E-state index contributed by atoms with van der Waals surface area (Å²) in [5.74, 6) is -0.779. The highest BCUT2D eigenvalue weighted by Crippen LogP contribution is 2.28. The van der Waals surface area contributed by atoms with Crippen LogP contribution in [0, 0.1) is 6.92 Å². The monoisotopic (exact) mass is 555 g/mol. The Kier molecular flexibility index (Phi) is 10.3. The molecule has 1 N–H and O–H groups in total. The standard InChI is InChI=1S/C29H34ClN3O4S/c1-4-5-19-31-29(35)23(3)32(20-24-12-7-6-8-13-24)28(34)21-33(27-14-10-9-11-22(27)2)38(36,37)26-17-15-25(30)16-18-26/h6-18,23H,4-5,19-21H2,1-3H3,(H,31,35)/t23-/m0/s1. The predicted molar refractivity (Wildman–Crippen MR) is 152 cm³/mol. The fraction of sp³-hybridized carbons (Fsp3) is 0.310. The summed E-state index contributed by atoms with van der Waals surface area (Å²) in [6.45, 7) is 5.67. The van der Waals surface area contributed by atoms with Gasteiger partial charge in [0.05, 0.1) is 10.6 Å². The van der Waals surface area contributed by atoms with Crippen LogP contribution in [0.4, 0.5) is 5.69 Å². The fourth-order valence-corrected chi connectivity index (χ4v) is 5.59. The number of unbranched alkanes of at least 4 members (excludes halogenated alkanes) is 1. The highest BCUT2D eigenvalue weighted by atomic mass is 35.5. The number of nitrogens with zero attached hydrogens (tertiary/aromatic N) is 2. The van der Waals surface area contributed by atoms with Gasteiger partial charge in [-0.3, -0.25) is 13.9 Å². The molecule has 7 nitrogen and oxygen atoms in total. The van der Waals surface area contributed by atoms with E-state index in [-0.39, 0.29) is 17.3 Å². The fourth-order valence-electron chi connectivity index (χ4n) is 3.99. The number of halogens is 1. The molecule has 38 heavy (non-hydrogen) atoms. The van der Waals surface area contributed by atoms with E-state index in [0.29, 0.717) is 22.8 Å². The minimum atomic E-state index is -4.13. The van der Waals surface area contributed by atoms with E-state index in [9.17, 15) is 18.0 Å². The van der Waals surface area contributed by atoms with Crippen LogP contribution in [0.25, 0.3) is 0 Å². The van der Waals surface area contributed by atoms with Crippen LogP contribution in [0.2, 0.25) is 5.02 Å². The lowest BCUT2D eigenvalue weighted by Gasteiger charge is -2.32. The normalized spacial score (nSPS) is 12.0. The molecule has 0 aromatic heterocycles. The molecule has 0 saturated carbocycles. The zero-order valence-electron chi connectivity index (χ0n) is 21.9. The molecule has 3 aromatic carbocycles. The van der Waals surface area contributed by atoms with Gasteiger partial charge >= 0.3 is 0 Å². The van der Waals surface area contributed by atoms with Crippen molar-refractivity contribution in [3.63, 3.8) is 0 Å². The number of anilines is 1. The van der Waals surface area contributed by atoms with Crippen LogP contribution in [-0.4, -0.2) is 44.3 Å². The van der Waals surface area contributed by atoms with Crippen molar-refractivity contribution in [1.82, 2.24) is 10.2 Å². The molecule has 3 rings (SSSR count). The van der Waals surface area contributed by atoms with Gasteiger partial charge in [0.2, 0.25) is 11.8 Å². The van der Waals surface area contributed by atoms with E-state index in [1.54, 1.807) is 38.1 Å². The summed E-state index contributed by atoms with van der Waals surface area (Å²) in [5, 5.41) is 3.29. The molecule has 2 amide bonds. The molecule has 0 spiro atoms. The van der Waals surface area contributed by atoms with Gasteiger partial charge < -0.3 is 10.2 Å². The third-order valence-corrected chi connectivity index (χ3v) is 8.28. The third kappa shape index (κ3) is 7.36. The smallest absolute Gasteiger partial charge is 0.264 e. The number of hydrogen-bond acceptors (Lipinski definition) is 4. The van der Waals surface area contributed by atoms with Crippen LogP contribution in [0.5, 0.6) is 0 Å². The molecule has 202 valence electrons. The number of carbonyl (C=O) groups is 2. The Morgan fingerprint density at radius 3 is 2.21 bits per heavy atom. The van der Waals surface area contributed by atoms with Crippen LogP contribution in [-0.2, 0) is 26.2 Å². The van der Waals surface area contributed by atoms with Crippen molar-refractivity contribution in [2.75, 3.05) is 17.4 Å². The van der Waals surface area contributed by atoms with Crippen molar-refractivity contribution < 1.29 is 18.0 Å². The quantitative estimate of drug-likeness (QED) is 0.312. The average molecular weight is 556 g/mol. The van der Waals surface area contributed by atoms with Crippen molar-refractivity contribution in [2.24, 2.45) is 0 Å². The zero-order chi connectivity index (χ0) is 27.7. The van der Waals surface area contributed by atoms with E-state index < -0.39 is 28.5 Å². The molecular weight excluding hydrogens is 522 g/mol. The molecule has 1 atom stereocenters. The molecule has 0 radical (unpaired) electrons. The zero-order valence-corrected chi connectivity index (χ0v) is 23.5. The highest BCUT2D eigenvalue weighted by molar-refractivity contribution is 7.92. The van der Waals surface area contributed by atoms with E-state index in [1.165, 1.54) is 29.2 Å². The molecule has 0 aliphatic heterocycles. The summed E-state index contributed by atoms with van der Waals surface area (Å²) in [6, 6.07) is 21.3. The van der Waals surface area contributed by atoms with Crippen LogP contribution in [0.3, 0.4) is 0 Å². The number of carbonyl (C=O) groups excluding carboxylic acids is 2. The van der Waals surface area contributed by atoms with E-state index in [0.717, 1.165) is 22.7 Å². The first-order valence-corrected chi connectivity index (χ1v) is 14.4. The number of nitrogens with one attached hydrogen (secondary N) is 1. The molecule has 0 unspecified atom stereocenters. The lowest BCUT2D eigenvalue weighted by molar-refractivity contribution is -0.139. The molecule has 3 aromatic rings. The van der Waals surface area contributed by atoms with Gasteiger partial charge in [0.25, 0.3) is 10.0 Å². The summed E-state index contributed by atoms with van der Waals surface area (Å²) >= 11 is 5.99. The molecule has 0 bridgehead atoms. The SMILES string of the molecule is CCCCNC(=O)[C@H](C)N(Cc1ccccc1)C(=O)CN(c1ccccc1C)S(=O)(=O)c1ccc(Cl)cc1. The molecule has 0 saturated heterocycles. The Morgan fingerprint density at radius 1 is 0.947 bits per heavy atom. The average Bonchev–Trinajstić information content (AvgIpc) is 2.91. The van der Waals surface area contributed by atoms with Gasteiger partial charge in [0.1, 0.15) is 12.6 Å². The highest BCUT2D eigenvalue weighted by Gasteiger charge is 2.33. The van der Waals surface area contributed by atoms with Gasteiger partial charge in [0.15, 0.2) is 0 Å². The minimum Gasteiger partial charge on any atom is -0.354 e. The summed E-state index contributed by atoms with van der Waals surface area (Å²) < 4.78 is 28.8. The maximum absolute atomic E-state index is 13.9. The molecular formula is C29H34ClN3O4S. The van der Waals surface area contributed by atoms with Crippen LogP contribution >= 0.6 is 11.6 Å². The van der Waals surface area contributed by atoms with Gasteiger partial charge in [-0.05, 0) is 61.7 Å². The maximum atomic E-state index is 13.9. The minimum absolute atomic E-state index is 0.0120. The van der Waals surface area contributed by atoms with Gasteiger partial charge in [-0.15, -0.1) is 0 Å². The van der Waals surface area contributed by atoms with Crippen LogP contribution in [0.15, 0.2) is 83.8 Å². The molecule has 0 fully saturated rings. The number of benzene rings is 3.